The Balaban J connectivity index is 2.82. The molecule has 0 aliphatic carbocycles. The lowest BCUT2D eigenvalue weighted by Crippen LogP contribution is -2.39. The molecule has 0 aromatic rings. The summed E-state index contributed by atoms with van der Waals surface area (Å²) in [5, 5.41) is 12.7. The summed E-state index contributed by atoms with van der Waals surface area (Å²) in [5.41, 5.74) is 1.33. The van der Waals surface area contributed by atoms with Gasteiger partial charge in [-0.3, -0.25) is 0 Å². The van der Waals surface area contributed by atoms with Gasteiger partial charge in [-0.1, -0.05) is 30.4 Å². The number of aliphatic hydroxyl groups excluding tert-OH is 1. The van der Waals surface area contributed by atoms with E-state index in [-0.39, 0.29) is 6.61 Å². The molecule has 1 aliphatic heterocycles. The molecule has 2 unspecified atom stereocenters. The van der Waals surface area contributed by atoms with Gasteiger partial charge >= 0.3 is 0 Å². The van der Waals surface area contributed by atoms with Gasteiger partial charge in [-0.15, -0.1) is 0 Å². The highest BCUT2D eigenvalue weighted by atomic mass is 16.3. The first-order chi connectivity index (χ1) is 7.83. The van der Waals surface area contributed by atoms with Crippen LogP contribution < -0.4 is 5.32 Å². The normalized spacial score (nSPS) is 28.1. The minimum absolute atomic E-state index is 0.266. The molecule has 0 saturated carbocycles. The van der Waals surface area contributed by atoms with Crippen molar-refractivity contribution in [3.63, 3.8) is 0 Å². The van der Waals surface area contributed by atoms with Gasteiger partial charge in [-0.2, -0.15) is 0 Å². The largest absolute Gasteiger partial charge is 0.396 e. The van der Waals surface area contributed by atoms with Crippen LogP contribution >= 0.6 is 0 Å². The van der Waals surface area contributed by atoms with E-state index >= 15 is 0 Å². The van der Waals surface area contributed by atoms with E-state index in [0.29, 0.717) is 11.8 Å². The highest BCUT2D eigenvalue weighted by Gasteiger charge is 2.25. The van der Waals surface area contributed by atoms with Crippen LogP contribution in [-0.2, 0) is 0 Å². The number of aliphatic hydroxyl groups is 1. The van der Waals surface area contributed by atoms with Gasteiger partial charge in [0, 0.05) is 19.1 Å². The van der Waals surface area contributed by atoms with Crippen LogP contribution in [0.2, 0.25) is 0 Å². The fourth-order valence-electron chi connectivity index (χ4n) is 2.26. The second kappa shape index (κ2) is 7.42. The molecule has 16 heavy (non-hydrogen) atoms. The summed E-state index contributed by atoms with van der Waals surface area (Å²) in [6.45, 7) is 6.30. The third-order valence-corrected chi connectivity index (χ3v) is 3.11. The minimum Gasteiger partial charge on any atom is -0.396 e. The number of rotatable bonds is 4. The van der Waals surface area contributed by atoms with Crippen LogP contribution in [0.25, 0.3) is 0 Å². The van der Waals surface area contributed by atoms with E-state index in [2.05, 4.69) is 29.6 Å². The van der Waals surface area contributed by atoms with E-state index in [4.69, 9.17) is 0 Å². The molecule has 0 spiro atoms. The highest BCUT2D eigenvalue weighted by Crippen LogP contribution is 2.27. The molecule has 1 heterocycles. The SMILES string of the molecule is C\C=C/C=C(\C=C/C)C1CCNCC1CO. The maximum absolute atomic E-state index is 9.39. The molecule has 0 radical (unpaired) electrons. The molecule has 2 nitrogen and oxygen atoms in total. The molecule has 0 aromatic heterocycles. The molecule has 90 valence electrons. The molecule has 1 aliphatic rings. The zero-order valence-electron chi connectivity index (χ0n) is 10.3. The molecule has 0 amide bonds. The average Bonchev–Trinajstić information content (AvgIpc) is 2.34. The topological polar surface area (TPSA) is 32.3 Å². The summed E-state index contributed by atoms with van der Waals surface area (Å²) in [6.07, 6.45) is 11.6. The Morgan fingerprint density at radius 1 is 1.38 bits per heavy atom. The van der Waals surface area contributed by atoms with Gasteiger partial charge in [0.15, 0.2) is 0 Å². The number of piperidine rings is 1. The number of hydrogen-bond donors (Lipinski definition) is 2. The van der Waals surface area contributed by atoms with Gasteiger partial charge in [0.25, 0.3) is 0 Å². The van der Waals surface area contributed by atoms with Crippen LogP contribution in [0.5, 0.6) is 0 Å². The first-order valence-corrected chi connectivity index (χ1v) is 6.10. The first-order valence-electron chi connectivity index (χ1n) is 6.10. The van der Waals surface area contributed by atoms with Crippen molar-refractivity contribution in [2.75, 3.05) is 19.7 Å². The predicted molar refractivity (Wildman–Crippen MR) is 69.3 cm³/mol. The van der Waals surface area contributed by atoms with Crippen LogP contribution in [0.15, 0.2) is 36.0 Å². The molecular weight excluding hydrogens is 198 g/mol. The van der Waals surface area contributed by atoms with E-state index in [9.17, 15) is 5.11 Å². The van der Waals surface area contributed by atoms with Crippen molar-refractivity contribution >= 4 is 0 Å². The maximum Gasteiger partial charge on any atom is 0.0477 e. The second-order valence-electron chi connectivity index (χ2n) is 4.23. The number of allylic oxidation sites excluding steroid dienone is 6. The van der Waals surface area contributed by atoms with Crippen molar-refractivity contribution in [2.45, 2.75) is 20.3 Å². The second-order valence-corrected chi connectivity index (χ2v) is 4.23. The van der Waals surface area contributed by atoms with Gasteiger partial charge in [0.05, 0.1) is 0 Å². The summed E-state index contributed by atoms with van der Waals surface area (Å²) < 4.78 is 0. The Labute approximate surface area is 98.8 Å². The van der Waals surface area contributed by atoms with Crippen LogP contribution in [0.4, 0.5) is 0 Å². The molecule has 2 N–H and O–H groups in total. The monoisotopic (exact) mass is 221 g/mol. The predicted octanol–water partition coefficient (Wildman–Crippen LogP) is 2.28. The fourth-order valence-corrected chi connectivity index (χ4v) is 2.26. The van der Waals surface area contributed by atoms with Crippen molar-refractivity contribution in [3.8, 4) is 0 Å². The zero-order chi connectivity index (χ0) is 11.8. The third kappa shape index (κ3) is 3.62. The Morgan fingerprint density at radius 2 is 2.19 bits per heavy atom. The highest BCUT2D eigenvalue weighted by molar-refractivity contribution is 5.27. The molecule has 1 rings (SSSR count). The van der Waals surface area contributed by atoms with E-state index < -0.39 is 0 Å². The summed E-state index contributed by atoms with van der Waals surface area (Å²) in [6, 6.07) is 0. The molecule has 1 saturated heterocycles. The Bertz CT molecular complexity index is 278. The first kappa shape index (κ1) is 13.2. The van der Waals surface area contributed by atoms with Gasteiger partial charge < -0.3 is 10.4 Å². The van der Waals surface area contributed by atoms with E-state index in [1.807, 2.05) is 19.9 Å². The fraction of sp³-hybridized carbons (Fsp3) is 0.571. The number of hydrogen-bond acceptors (Lipinski definition) is 2. The third-order valence-electron chi connectivity index (χ3n) is 3.11. The van der Waals surface area contributed by atoms with E-state index in [1.54, 1.807) is 0 Å². The minimum atomic E-state index is 0.266. The Morgan fingerprint density at radius 3 is 2.81 bits per heavy atom. The van der Waals surface area contributed by atoms with Crippen molar-refractivity contribution in [2.24, 2.45) is 11.8 Å². The molecule has 2 atom stereocenters. The summed E-state index contributed by atoms with van der Waals surface area (Å²) >= 11 is 0. The molecule has 1 fully saturated rings. The van der Waals surface area contributed by atoms with Gasteiger partial charge in [-0.25, -0.2) is 0 Å². The van der Waals surface area contributed by atoms with E-state index in [0.717, 1.165) is 19.5 Å². The number of nitrogens with one attached hydrogen (secondary N) is 1. The van der Waals surface area contributed by atoms with Crippen molar-refractivity contribution in [1.82, 2.24) is 5.32 Å². The molecule has 0 bridgehead atoms. The lowest BCUT2D eigenvalue weighted by atomic mass is 9.81. The zero-order valence-corrected chi connectivity index (χ0v) is 10.3. The molecular formula is C14H23NO. The molecule has 0 aromatic carbocycles. The summed E-state index contributed by atoms with van der Waals surface area (Å²) in [4.78, 5) is 0. The summed E-state index contributed by atoms with van der Waals surface area (Å²) in [7, 11) is 0. The summed E-state index contributed by atoms with van der Waals surface area (Å²) in [5.74, 6) is 0.833. The van der Waals surface area contributed by atoms with Crippen molar-refractivity contribution < 1.29 is 5.11 Å². The smallest absolute Gasteiger partial charge is 0.0477 e. The lowest BCUT2D eigenvalue weighted by Gasteiger charge is -2.31. The Hall–Kier alpha value is -0.860. The van der Waals surface area contributed by atoms with Crippen LogP contribution in [0.1, 0.15) is 20.3 Å². The average molecular weight is 221 g/mol. The van der Waals surface area contributed by atoms with Crippen molar-refractivity contribution in [3.05, 3.63) is 36.0 Å². The van der Waals surface area contributed by atoms with Crippen LogP contribution in [-0.4, -0.2) is 24.8 Å². The van der Waals surface area contributed by atoms with Crippen molar-refractivity contribution in [1.29, 1.82) is 0 Å². The van der Waals surface area contributed by atoms with Crippen LogP contribution in [0, 0.1) is 11.8 Å². The lowest BCUT2D eigenvalue weighted by molar-refractivity contribution is 0.164. The van der Waals surface area contributed by atoms with Crippen LogP contribution in [0.3, 0.4) is 0 Å². The van der Waals surface area contributed by atoms with Gasteiger partial charge in [0.2, 0.25) is 0 Å². The molecule has 2 heteroatoms. The van der Waals surface area contributed by atoms with E-state index in [1.165, 1.54) is 5.57 Å². The maximum atomic E-state index is 9.39. The standard InChI is InChI=1S/C14H23NO/c1-3-5-7-12(6-4-2)14-8-9-15-10-13(14)11-16/h3-7,13-16H,8-11H2,1-2H3/b5-3-,6-4-,12-7+. The Kier molecular flexibility index (Phi) is 6.12. The quantitative estimate of drug-likeness (QED) is 0.714. The van der Waals surface area contributed by atoms with Gasteiger partial charge in [-0.05, 0) is 38.3 Å². The van der Waals surface area contributed by atoms with Gasteiger partial charge in [0.1, 0.15) is 0 Å².